The first-order valence-corrected chi connectivity index (χ1v) is 11.6. The largest absolute Gasteiger partial charge is 0.493 e. The Morgan fingerprint density at radius 3 is 2.45 bits per heavy atom. The van der Waals surface area contributed by atoms with E-state index in [1.54, 1.807) is 14.2 Å². The van der Waals surface area contributed by atoms with E-state index >= 15 is 0 Å². The van der Waals surface area contributed by atoms with Crippen LogP contribution >= 0.6 is 0 Å². The van der Waals surface area contributed by atoms with Crippen LogP contribution in [0.5, 0.6) is 11.5 Å². The molecule has 1 N–H and O–H groups in total. The van der Waals surface area contributed by atoms with Crippen LogP contribution in [0, 0.1) is 23.7 Å². The van der Waals surface area contributed by atoms with E-state index in [-0.39, 0.29) is 30.1 Å². The monoisotopic (exact) mass is 433 g/mol. The van der Waals surface area contributed by atoms with E-state index in [0.717, 1.165) is 30.8 Å². The van der Waals surface area contributed by atoms with Crippen LogP contribution in [-0.4, -0.2) is 45.5 Å². The number of methoxy groups -OCH3 is 2. The molecule has 3 rings (SSSR count). The van der Waals surface area contributed by atoms with Crippen LogP contribution in [0.1, 0.15) is 58.6 Å². The van der Waals surface area contributed by atoms with E-state index in [0.29, 0.717) is 31.0 Å². The molecule has 0 bridgehead atoms. The number of rotatable bonds is 10. The first-order chi connectivity index (χ1) is 14.8. The van der Waals surface area contributed by atoms with Gasteiger partial charge in [-0.05, 0) is 48.3 Å². The number of carbonyl (C=O) groups excluding carboxylic acids is 1. The van der Waals surface area contributed by atoms with Crippen molar-refractivity contribution in [2.75, 3.05) is 27.4 Å². The van der Waals surface area contributed by atoms with Gasteiger partial charge in [-0.25, -0.2) is 0 Å². The molecule has 0 spiro atoms. The lowest BCUT2D eigenvalue weighted by atomic mass is 9.83. The fraction of sp³-hybridized carbons (Fsp3) is 0.720. The van der Waals surface area contributed by atoms with Crippen molar-refractivity contribution in [2.24, 2.45) is 23.7 Å². The fourth-order valence-corrected chi connectivity index (χ4v) is 4.92. The van der Waals surface area contributed by atoms with Crippen LogP contribution in [0.3, 0.4) is 0 Å². The highest BCUT2D eigenvalue weighted by atomic mass is 16.6. The first kappa shape index (κ1) is 23.9. The van der Waals surface area contributed by atoms with Crippen LogP contribution in [0.2, 0.25) is 0 Å². The van der Waals surface area contributed by atoms with Crippen molar-refractivity contribution in [2.45, 2.75) is 65.1 Å². The van der Waals surface area contributed by atoms with Crippen LogP contribution in [0.4, 0.5) is 0 Å². The maximum atomic E-state index is 12.3. The van der Waals surface area contributed by atoms with E-state index in [1.165, 1.54) is 5.56 Å². The van der Waals surface area contributed by atoms with Gasteiger partial charge in [0.25, 0.3) is 0 Å². The Bertz CT molecular complexity index is 735. The average molecular weight is 434 g/mol. The molecule has 2 fully saturated rings. The molecule has 2 unspecified atom stereocenters. The van der Waals surface area contributed by atoms with Gasteiger partial charge in [0, 0.05) is 32.2 Å². The molecule has 0 amide bonds. The Balaban J connectivity index is 1.76. The van der Waals surface area contributed by atoms with Crippen molar-refractivity contribution in [1.29, 1.82) is 0 Å². The summed E-state index contributed by atoms with van der Waals surface area (Å²) in [5.41, 5.74) is 1.19. The average Bonchev–Trinajstić information content (AvgIpc) is 3.35. The second-order valence-corrected chi connectivity index (χ2v) is 9.56. The number of hydrogen-bond donors (Lipinski definition) is 1. The van der Waals surface area contributed by atoms with Crippen LogP contribution in [0.25, 0.3) is 0 Å². The number of ether oxygens (including phenoxy) is 4. The minimum Gasteiger partial charge on any atom is -0.493 e. The third-order valence-corrected chi connectivity index (χ3v) is 6.81. The molecule has 0 saturated carbocycles. The fourth-order valence-electron chi connectivity index (χ4n) is 4.92. The second-order valence-electron chi connectivity index (χ2n) is 9.56. The summed E-state index contributed by atoms with van der Waals surface area (Å²) in [5.74, 6) is 2.75. The summed E-state index contributed by atoms with van der Waals surface area (Å²) in [6, 6.07) is 6.57. The molecule has 0 aromatic heterocycles. The molecule has 2 aliphatic rings. The highest BCUT2D eigenvalue weighted by molar-refractivity contribution is 5.75. The molecule has 2 aliphatic heterocycles. The molecule has 5 atom stereocenters. The van der Waals surface area contributed by atoms with Crippen molar-refractivity contribution in [3.63, 3.8) is 0 Å². The highest BCUT2D eigenvalue weighted by Gasteiger charge is 2.46. The zero-order chi connectivity index (χ0) is 22.5. The quantitative estimate of drug-likeness (QED) is 0.437. The van der Waals surface area contributed by atoms with Crippen molar-refractivity contribution in [1.82, 2.24) is 5.32 Å². The molecule has 0 aliphatic carbocycles. The van der Waals surface area contributed by atoms with Gasteiger partial charge in [-0.1, -0.05) is 33.8 Å². The normalized spacial score (nSPS) is 28.4. The third-order valence-electron chi connectivity index (χ3n) is 6.81. The van der Waals surface area contributed by atoms with Crippen LogP contribution in [0.15, 0.2) is 18.2 Å². The molecule has 2 saturated heterocycles. The topological polar surface area (TPSA) is 66.0 Å². The Labute approximate surface area is 187 Å². The lowest BCUT2D eigenvalue weighted by Gasteiger charge is -2.24. The smallest absolute Gasteiger partial charge is 0.309 e. The van der Waals surface area contributed by atoms with Gasteiger partial charge in [-0.2, -0.15) is 0 Å². The molecule has 6 nitrogen and oxygen atoms in total. The van der Waals surface area contributed by atoms with E-state index < -0.39 is 0 Å². The van der Waals surface area contributed by atoms with Gasteiger partial charge in [-0.15, -0.1) is 0 Å². The standard InChI is InChI=1S/C25H39NO5/c1-15(2)18-13-20(22-14-19(16(3)4)25(27)31-22)26-24(18)17-8-9-21(29-6)23(12-17)30-11-7-10-28-5/h8-9,12,15-16,18-20,22,24,26H,7,10-11,13-14H2,1-6H3/t18-,19-,20?,22-,24?/m0/s1. The predicted molar refractivity (Wildman–Crippen MR) is 120 cm³/mol. The van der Waals surface area contributed by atoms with Crippen molar-refractivity contribution in [3.8, 4) is 11.5 Å². The second kappa shape index (κ2) is 10.7. The number of benzene rings is 1. The summed E-state index contributed by atoms with van der Waals surface area (Å²) in [7, 11) is 3.36. The lowest BCUT2D eigenvalue weighted by molar-refractivity contribution is -0.146. The van der Waals surface area contributed by atoms with Crippen molar-refractivity contribution >= 4 is 5.97 Å². The Hall–Kier alpha value is -1.79. The van der Waals surface area contributed by atoms with E-state index in [4.69, 9.17) is 18.9 Å². The third kappa shape index (κ3) is 5.53. The van der Waals surface area contributed by atoms with Gasteiger partial charge in [0.05, 0.1) is 19.6 Å². The Kier molecular flexibility index (Phi) is 8.23. The van der Waals surface area contributed by atoms with Gasteiger partial charge >= 0.3 is 5.97 Å². The molecule has 174 valence electrons. The van der Waals surface area contributed by atoms with Crippen LogP contribution in [-0.2, 0) is 14.3 Å². The maximum Gasteiger partial charge on any atom is 0.309 e. The zero-order valence-corrected chi connectivity index (χ0v) is 19.9. The maximum absolute atomic E-state index is 12.3. The van der Waals surface area contributed by atoms with Gasteiger partial charge in [0.1, 0.15) is 6.10 Å². The Morgan fingerprint density at radius 1 is 1.06 bits per heavy atom. The highest BCUT2D eigenvalue weighted by Crippen LogP contribution is 2.43. The number of esters is 1. The summed E-state index contributed by atoms with van der Waals surface area (Å²) in [6.45, 7) is 9.98. The minimum atomic E-state index is -0.0471. The molecule has 2 heterocycles. The number of carbonyl (C=O) groups is 1. The summed E-state index contributed by atoms with van der Waals surface area (Å²) in [4.78, 5) is 12.3. The zero-order valence-electron chi connectivity index (χ0n) is 19.9. The Morgan fingerprint density at radius 2 is 1.84 bits per heavy atom. The van der Waals surface area contributed by atoms with E-state index in [2.05, 4.69) is 45.1 Å². The SMILES string of the molecule is COCCCOc1cc(C2NC([C@@H]3C[C@@H](C(C)C)C(=O)O3)C[C@H]2C(C)C)ccc1OC. The molecular formula is C25H39NO5. The first-order valence-electron chi connectivity index (χ1n) is 11.6. The molecule has 1 aromatic carbocycles. The summed E-state index contributed by atoms with van der Waals surface area (Å²) >= 11 is 0. The van der Waals surface area contributed by atoms with E-state index in [1.807, 2.05) is 6.07 Å². The van der Waals surface area contributed by atoms with Crippen molar-refractivity contribution in [3.05, 3.63) is 23.8 Å². The number of nitrogens with one attached hydrogen (secondary N) is 1. The van der Waals surface area contributed by atoms with Gasteiger partial charge in [-0.3, -0.25) is 4.79 Å². The molecule has 31 heavy (non-hydrogen) atoms. The minimum absolute atomic E-state index is 0.0106. The molecular weight excluding hydrogens is 394 g/mol. The van der Waals surface area contributed by atoms with Crippen molar-refractivity contribution < 1.29 is 23.7 Å². The molecule has 0 radical (unpaired) electrons. The van der Waals surface area contributed by atoms with Gasteiger partial charge in [0.2, 0.25) is 0 Å². The number of cyclic esters (lactones) is 1. The molecule has 6 heteroatoms. The van der Waals surface area contributed by atoms with Gasteiger partial charge in [0.15, 0.2) is 11.5 Å². The number of hydrogen-bond acceptors (Lipinski definition) is 6. The van der Waals surface area contributed by atoms with Crippen LogP contribution < -0.4 is 14.8 Å². The predicted octanol–water partition coefficient (Wildman–Crippen LogP) is 4.37. The summed E-state index contributed by atoms with van der Waals surface area (Å²) in [6.07, 6.45) is 2.59. The van der Waals surface area contributed by atoms with E-state index in [9.17, 15) is 4.79 Å². The van der Waals surface area contributed by atoms with Gasteiger partial charge < -0.3 is 24.3 Å². The molecule has 1 aromatic rings. The lowest BCUT2D eigenvalue weighted by Crippen LogP contribution is -2.35. The summed E-state index contributed by atoms with van der Waals surface area (Å²) in [5, 5.41) is 3.81. The summed E-state index contributed by atoms with van der Waals surface area (Å²) < 4.78 is 22.4.